The van der Waals surface area contributed by atoms with Crippen LogP contribution in [0.15, 0.2) is 9.59 Å². The van der Waals surface area contributed by atoms with E-state index in [1.54, 1.807) is 0 Å². The van der Waals surface area contributed by atoms with E-state index in [1.165, 1.54) is 18.0 Å². The predicted octanol–water partition coefficient (Wildman–Crippen LogP) is 0.997. The second-order valence-electron chi connectivity index (χ2n) is 5.77. The molecule has 1 heterocycles. The fraction of sp³-hybridized carbons (Fsp3) is 0.714. The molecule has 0 bridgehead atoms. The number of nitrogen functional groups attached to an aromatic ring is 1. The van der Waals surface area contributed by atoms with Crippen LogP contribution in [0.1, 0.15) is 33.1 Å². The first-order valence-corrected chi connectivity index (χ1v) is 7.30. The first-order chi connectivity index (χ1) is 9.47. The largest absolute Gasteiger partial charge is 0.383 e. The summed E-state index contributed by atoms with van der Waals surface area (Å²) in [6, 6.07) is 0. The molecule has 0 radical (unpaired) electrons. The number of unbranched alkanes of at least 4 members (excludes halogenated alkanes) is 1. The number of aromatic nitrogens is 2. The van der Waals surface area contributed by atoms with Gasteiger partial charge in [-0.3, -0.25) is 13.9 Å². The molecule has 2 unspecified atom stereocenters. The van der Waals surface area contributed by atoms with Crippen molar-refractivity contribution in [3.05, 3.63) is 20.8 Å². The average Bonchev–Trinajstić information content (AvgIpc) is 3.12. The Morgan fingerprint density at radius 2 is 2.05 bits per heavy atom. The molecule has 0 aliphatic heterocycles. The van der Waals surface area contributed by atoms with Crippen molar-refractivity contribution in [3.63, 3.8) is 0 Å². The molecule has 1 aliphatic rings. The smallest absolute Gasteiger partial charge is 0.332 e. The minimum atomic E-state index is -0.341. The zero-order valence-electron chi connectivity index (χ0n) is 12.5. The molecule has 2 atom stereocenters. The van der Waals surface area contributed by atoms with Crippen molar-refractivity contribution in [2.24, 2.45) is 18.9 Å². The van der Waals surface area contributed by atoms with Crippen molar-refractivity contribution in [2.75, 3.05) is 17.6 Å². The summed E-state index contributed by atoms with van der Waals surface area (Å²) in [4.78, 5) is 24.2. The number of nitrogens with two attached hydrogens (primary N) is 1. The van der Waals surface area contributed by atoms with Gasteiger partial charge in [0, 0.05) is 20.1 Å². The van der Waals surface area contributed by atoms with Crippen LogP contribution in [-0.4, -0.2) is 15.7 Å². The topological polar surface area (TPSA) is 82.0 Å². The summed E-state index contributed by atoms with van der Waals surface area (Å²) in [5, 5.41) is 3.14. The number of nitrogens with zero attached hydrogens (tertiary/aromatic N) is 2. The maximum absolute atomic E-state index is 12.2. The van der Waals surface area contributed by atoms with E-state index in [-0.39, 0.29) is 17.1 Å². The van der Waals surface area contributed by atoms with Crippen molar-refractivity contribution in [1.29, 1.82) is 0 Å². The van der Waals surface area contributed by atoms with Gasteiger partial charge in [0.05, 0.1) is 0 Å². The SMILES string of the molecule is CCCCn1c(N)c(NCC2CC2C)c(=O)n(C)c1=O. The molecule has 3 N–H and O–H groups in total. The summed E-state index contributed by atoms with van der Waals surface area (Å²) in [6.45, 7) is 5.53. The van der Waals surface area contributed by atoms with Crippen molar-refractivity contribution >= 4 is 11.5 Å². The van der Waals surface area contributed by atoms with Crippen LogP contribution >= 0.6 is 0 Å². The Bertz CT molecular complexity index is 602. The van der Waals surface area contributed by atoms with Gasteiger partial charge in [-0.2, -0.15) is 0 Å². The van der Waals surface area contributed by atoms with Crippen LogP contribution in [-0.2, 0) is 13.6 Å². The van der Waals surface area contributed by atoms with E-state index < -0.39 is 0 Å². The van der Waals surface area contributed by atoms with Crippen LogP contribution in [0.5, 0.6) is 0 Å². The molecule has 0 aromatic carbocycles. The van der Waals surface area contributed by atoms with Crippen LogP contribution in [0.3, 0.4) is 0 Å². The Hall–Kier alpha value is -1.72. The van der Waals surface area contributed by atoms with Crippen molar-refractivity contribution in [3.8, 4) is 0 Å². The number of hydrogen-bond donors (Lipinski definition) is 2. The van der Waals surface area contributed by atoms with E-state index in [0.29, 0.717) is 24.1 Å². The van der Waals surface area contributed by atoms with E-state index in [9.17, 15) is 9.59 Å². The first kappa shape index (κ1) is 14.7. The molecule has 112 valence electrons. The summed E-state index contributed by atoms with van der Waals surface area (Å²) in [5.41, 5.74) is 5.71. The van der Waals surface area contributed by atoms with Gasteiger partial charge in [0.25, 0.3) is 5.56 Å². The lowest BCUT2D eigenvalue weighted by Gasteiger charge is -2.15. The molecule has 2 rings (SSSR count). The lowest BCUT2D eigenvalue weighted by molar-refractivity contribution is 0.575. The number of hydrogen-bond acceptors (Lipinski definition) is 4. The van der Waals surface area contributed by atoms with Crippen molar-refractivity contribution < 1.29 is 0 Å². The second-order valence-corrected chi connectivity index (χ2v) is 5.77. The highest BCUT2D eigenvalue weighted by atomic mass is 16.2. The monoisotopic (exact) mass is 280 g/mol. The molecular weight excluding hydrogens is 256 g/mol. The number of nitrogens with one attached hydrogen (secondary N) is 1. The van der Waals surface area contributed by atoms with E-state index in [2.05, 4.69) is 19.2 Å². The molecule has 1 saturated carbocycles. The minimum absolute atomic E-state index is 0.264. The lowest BCUT2D eigenvalue weighted by Crippen LogP contribution is -2.41. The van der Waals surface area contributed by atoms with Crippen LogP contribution < -0.4 is 22.3 Å². The van der Waals surface area contributed by atoms with Crippen LogP contribution in [0.2, 0.25) is 0 Å². The zero-order valence-corrected chi connectivity index (χ0v) is 12.5. The summed E-state index contributed by atoms with van der Waals surface area (Å²) in [6.07, 6.45) is 3.02. The quantitative estimate of drug-likeness (QED) is 0.814. The average molecular weight is 280 g/mol. The van der Waals surface area contributed by atoms with Gasteiger partial charge in [-0.1, -0.05) is 20.3 Å². The second kappa shape index (κ2) is 5.73. The number of rotatable bonds is 6. The first-order valence-electron chi connectivity index (χ1n) is 7.30. The summed E-state index contributed by atoms with van der Waals surface area (Å²) in [5.74, 6) is 1.58. The van der Waals surface area contributed by atoms with Gasteiger partial charge in [-0.05, 0) is 24.7 Å². The highest BCUT2D eigenvalue weighted by Crippen LogP contribution is 2.37. The van der Waals surface area contributed by atoms with Gasteiger partial charge in [0.2, 0.25) is 0 Å². The van der Waals surface area contributed by atoms with Crippen molar-refractivity contribution in [1.82, 2.24) is 9.13 Å². The summed E-state index contributed by atoms with van der Waals surface area (Å²) in [7, 11) is 1.50. The third kappa shape index (κ3) is 2.73. The Labute approximate surface area is 118 Å². The maximum Gasteiger partial charge on any atom is 0.332 e. The van der Waals surface area contributed by atoms with Crippen LogP contribution in [0.4, 0.5) is 11.5 Å². The Kier molecular flexibility index (Phi) is 4.20. The Morgan fingerprint density at radius 3 is 2.60 bits per heavy atom. The van der Waals surface area contributed by atoms with Crippen molar-refractivity contribution in [2.45, 2.75) is 39.7 Å². The highest BCUT2D eigenvalue weighted by molar-refractivity contribution is 5.60. The van der Waals surface area contributed by atoms with E-state index in [0.717, 1.165) is 24.0 Å². The molecule has 0 saturated heterocycles. The molecule has 1 aliphatic carbocycles. The van der Waals surface area contributed by atoms with E-state index in [4.69, 9.17) is 5.73 Å². The van der Waals surface area contributed by atoms with Gasteiger partial charge < -0.3 is 11.1 Å². The molecule has 1 aromatic rings. The molecule has 6 nitrogen and oxygen atoms in total. The third-order valence-electron chi connectivity index (χ3n) is 4.14. The van der Waals surface area contributed by atoms with E-state index >= 15 is 0 Å². The molecule has 1 aromatic heterocycles. The highest BCUT2D eigenvalue weighted by Gasteiger charge is 2.32. The van der Waals surface area contributed by atoms with Gasteiger partial charge in [-0.15, -0.1) is 0 Å². The van der Waals surface area contributed by atoms with Gasteiger partial charge >= 0.3 is 5.69 Å². The fourth-order valence-electron chi connectivity index (χ4n) is 2.40. The maximum atomic E-state index is 12.2. The Morgan fingerprint density at radius 1 is 1.40 bits per heavy atom. The van der Waals surface area contributed by atoms with Crippen LogP contribution in [0.25, 0.3) is 0 Å². The molecule has 20 heavy (non-hydrogen) atoms. The minimum Gasteiger partial charge on any atom is -0.383 e. The molecule has 0 spiro atoms. The van der Waals surface area contributed by atoms with Gasteiger partial charge in [0.1, 0.15) is 11.5 Å². The standard InChI is InChI=1S/C14H24N4O2/c1-4-5-6-18-12(15)11(13(19)17(3)14(18)20)16-8-10-7-9(10)2/h9-10,16H,4-8,15H2,1-3H3. The molecule has 0 amide bonds. The van der Waals surface area contributed by atoms with Gasteiger partial charge in [-0.25, -0.2) is 4.79 Å². The third-order valence-corrected chi connectivity index (χ3v) is 4.14. The molecular formula is C14H24N4O2. The Balaban J connectivity index is 2.31. The normalized spacial score (nSPS) is 20.9. The fourth-order valence-corrected chi connectivity index (χ4v) is 2.40. The van der Waals surface area contributed by atoms with E-state index in [1.807, 2.05) is 0 Å². The number of anilines is 2. The zero-order chi connectivity index (χ0) is 14.9. The predicted molar refractivity (Wildman–Crippen MR) is 81.0 cm³/mol. The molecule has 6 heteroatoms. The lowest BCUT2D eigenvalue weighted by atomic mass is 10.3. The molecule has 1 fully saturated rings. The summed E-state index contributed by atoms with van der Waals surface area (Å²) >= 11 is 0. The summed E-state index contributed by atoms with van der Waals surface area (Å²) < 4.78 is 2.62. The van der Waals surface area contributed by atoms with Gasteiger partial charge in [0.15, 0.2) is 0 Å². The van der Waals surface area contributed by atoms with Crippen LogP contribution in [0, 0.1) is 11.8 Å².